The number of anilines is 2. The van der Waals surface area contributed by atoms with Crippen LogP contribution >= 0.6 is 34.8 Å². The average Bonchev–Trinajstić information content (AvgIpc) is 2.78. The molecular weight excluding hydrogens is 539 g/mol. The highest BCUT2D eigenvalue weighted by Gasteiger charge is 2.42. The van der Waals surface area contributed by atoms with Crippen LogP contribution in [0.25, 0.3) is 0 Å². The van der Waals surface area contributed by atoms with E-state index in [2.05, 4.69) is 15.3 Å². The lowest BCUT2D eigenvalue weighted by Crippen LogP contribution is -2.62. The maximum absolute atomic E-state index is 13.1. The lowest BCUT2D eigenvalue weighted by molar-refractivity contribution is -0.141. The molecule has 2 aliphatic heterocycles. The number of carbonyl (C=O) groups is 2. The van der Waals surface area contributed by atoms with Gasteiger partial charge < -0.3 is 19.9 Å². The molecule has 0 saturated carbocycles. The summed E-state index contributed by atoms with van der Waals surface area (Å²) in [6.07, 6.45) is 1.76. The number of aromatic nitrogens is 2. The second-order valence-corrected chi connectivity index (χ2v) is 11.4. The van der Waals surface area contributed by atoms with Crippen LogP contribution in [-0.4, -0.2) is 76.1 Å². The van der Waals surface area contributed by atoms with Crippen LogP contribution in [0.5, 0.6) is 0 Å². The summed E-state index contributed by atoms with van der Waals surface area (Å²) < 4.78 is 5.43. The zero-order valence-electron chi connectivity index (χ0n) is 21.3. The number of halogens is 3. The zero-order chi connectivity index (χ0) is 26.9. The van der Waals surface area contributed by atoms with E-state index in [1.54, 1.807) is 23.2 Å². The van der Waals surface area contributed by atoms with Crippen molar-refractivity contribution in [2.45, 2.75) is 51.8 Å². The lowest BCUT2D eigenvalue weighted by Gasteiger charge is -2.44. The van der Waals surface area contributed by atoms with Gasteiger partial charge >= 0.3 is 6.09 Å². The fourth-order valence-electron chi connectivity index (χ4n) is 4.27. The van der Waals surface area contributed by atoms with E-state index in [0.717, 1.165) is 5.56 Å². The number of piperazine rings is 1. The SMILES string of the molecule is C[C@@H](Nc1nc(N2CCN(C(=O)[C@H]3CCN3C(=O)OC(C)(C)C)CC2)ncc1Cl)c1ccc(Cl)cc1Cl. The number of amides is 2. The molecule has 2 fully saturated rings. The largest absolute Gasteiger partial charge is 0.444 e. The maximum Gasteiger partial charge on any atom is 0.410 e. The summed E-state index contributed by atoms with van der Waals surface area (Å²) in [5.74, 6) is 0.961. The van der Waals surface area contributed by atoms with E-state index in [4.69, 9.17) is 39.5 Å². The number of nitrogens with zero attached hydrogens (tertiary/aromatic N) is 5. The number of rotatable bonds is 5. The Morgan fingerprint density at radius 1 is 1.08 bits per heavy atom. The van der Waals surface area contributed by atoms with Gasteiger partial charge in [0.25, 0.3) is 0 Å². The van der Waals surface area contributed by atoms with Gasteiger partial charge in [-0.05, 0) is 51.8 Å². The molecule has 2 atom stereocenters. The van der Waals surface area contributed by atoms with E-state index in [1.807, 2.05) is 38.7 Å². The summed E-state index contributed by atoms with van der Waals surface area (Å²) >= 11 is 18.7. The van der Waals surface area contributed by atoms with Crippen LogP contribution in [0.2, 0.25) is 15.1 Å². The number of likely N-dealkylation sites (tertiary alicyclic amines) is 1. The molecule has 0 spiro atoms. The van der Waals surface area contributed by atoms with Gasteiger partial charge in [0.1, 0.15) is 16.7 Å². The normalized spacial score (nSPS) is 18.8. The molecule has 1 aromatic heterocycles. The molecular formula is C25H31Cl3N6O3. The minimum absolute atomic E-state index is 0.0511. The van der Waals surface area contributed by atoms with Gasteiger partial charge in [0.05, 0.1) is 12.2 Å². The van der Waals surface area contributed by atoms with Gasteiger partial charge in [-0.3, -0.25) is 9.69 Å². The molecule has 37 heavy (non-hydrogen) atoms. The highest BCUT2D eigenvalue weighted by atomic mass is 35.5. The summed E-state index contributed by atoms with van der Waals surface area (Å²) in [7, 11) is 0. The average molecular weight is 570 g/mol. The quantitative estimate of drug-likeness (QED) is 0.525. The predicted molar refractivity (Wildman–Crippen MR) is 146 cm³/mol. The molecule has 2 amide bonds. The molecule has 1 aromatic carbocycles. The van der Waals surface area contributed by atoms with E-state index < -0.39 is 17.7 Å². The van der Waals surface area contributed by atoms with E-state index in [9.17, 15) is 9.59 Å². The zero-order valence-corrected chi connectivity index (χ0v) is 23.6. The topological polar surface area (TPSA) is 90.9 Å². The summed E-state index contributed by atoms with van der Waals surface area (Å²) in [5, 5.41) is 4.81. The van der Waals surface area contributed by atoms with Gasteiger partial charge in [0.15, 0.2) is 5.82 Å². The van der Waals surface area contributed by atoms with Crippen LogP contribution in [0.15, 0.2) is 24.4 Å². The molecule has 200 valence electrons. The summed E-state index contributed by atoms with van der Waals surface area (Å²) in [5.41, 5.74) is 0.266. The summed E-state index contributed by atoms with van der Waals surface area (Å²) in [6.45, 7) is 10.1. The van der Waals surface area contributed by atoms with E-state index in [-0.39, 0.29) is 11.9 Å². The van der Waals surface area contributed by atoms with E-state index >= 15 is 0 Å². The van der Waals surface area contributed by atoms with Crippen molar-refractivity contribution in [2.75, 3.05) is 42.9 Å². The van der Waals surface area contributed by atoms with Crippen molar-refractivity contribution in [3.05, 3.63) is 45.0 Å². The number of nitrogens with one attached hydrogen (secondary N) is 1. The molecule has 4 rings (SSSR count). The number of carbonyl (C=O) groups excluding carboxylic acids is 2. The first kappa shape index (κ1) is 27.5. The van der Waals surface area contributed by atoms with Gasteiger partial charge in [-0.1, -0.05) is 40.9 Å². The second kappa shape index (κ2) is 11.1. The third-order valence-corrected chi connectivity index (χ3v) is 7.16. The standard InChI is InChI=1S/C25H31Cl3N6O3/c1-15(17-6-5-16(26)13-18(17)27)30-21-19(28)14-29-23(31-21)33-11-9-32(10-12-33)22(35)20-7-8-34(20)24(36)37-25(2,3)4/h5-6,13-15,20H,7-12H2,1-4H3,(H,29,30,31)/t15-,20-/m1/s1. The number of benzene rings is 1. The van der Waals surface area contributed by atoms with Gasteiger partial charge in [-0.2, -0.15) is 4.98 Å². The van der Waals surface area contributed by atoms with Gasteiger partial charge in [0.2, 0.25) is 11.9 Å². The maximum atomic E-state index is 13.1. The summed E-state index contributed by atoms with van der Waals surface area (Å²) in [4.78, 5) is 39.9. The minimum atomic E-state index is -0.600. The van der Waals surface area contributed by atoms with Crippen molar-refractivity contribution in [3.8, 4) is 0 Å². The number of ether oxygens (including phenoxy) is 1. The molecule has 0 aliphatic carbocycles. The molecule has 9 nitrogen and oxygen atoms in total. The second-order valence-electron chi connectivity index (χ2n) is 10.2. The Kier molecular flexibility index (Phi) is 8.26. The van der Waals surface area contributed by atoms with Crippen molar-refractivity contribution in [1.29, 1.82) is 0 Å². The van der Waals surface area contributed by atoms with Crippen LogP contribution in [0.3, 0.4) is 0 Å². The first-order valence-corrected chi connectivity index (χ1v) is 13.3. The Morgan fingerprint density at radius 3 is 2.38 bits per heavy atom. The lowest BCUT2D eigenvalue weighted by atomic mass is 10.0. The van der Waals surface area contributed by atoms with Crippen molar-refractivity contribution < 1.29 is 14.3 Å². The first-order valence-electron chi connectivity index (χ1n) is 12.2. The van der Waals surface area contributed by atoms with Crippen molar-refractivity contribution in [2.24, 2.45) is 0 Å². The molecule has 0 unspecified atom stereocenters. The minimum Gasteiger partial charge on any atom is -0.444 e. The van der Waals surface area contributed by atoms with Crippen molar-refractivity contribution in [3.63, 3.8) is 0 Å². The van der Waals surface area contributed by atoms with Gasteiger partial charge in [-0.15, -0.1) is 0 Å². The highest BCUT2D eigenvalue weighted by molar-refractivity contribution is 6.35. The Hall–Kier alpha value is -2.49. The van der Waals surface area contributed by atoms with Crippen LogP contribution < -0.4 is 10.2 Å². The predicted octanol–water partition coefficient (Wildman–Crippen LogP) is 5.27. The smallest absolute Gasteiger partial charge is 0.410 e. The monoisotopic (exact) mass is 568 g/mol. The van der Waals surface area contributed by atoms with Crippen LogP contribution in [0.4, 0.5) is 16.6 Å². The Bertz CT molecular complexity index is 1170. The Balaban J connectivity index is 1.36. The summed E-state index contributed by atoms with van der Waals surface area (Å²) in [6, 6.07) is 4.70. The van der Waals surface area contributed by atoms with Crippen LogP contribution in [0.1, 0.15) is 45.7 Å². The molecule has 0 bridgehead atoms. The number of hydrogen-bond acceptors (Lipinski definition) is 7. The third-order valence-electron chi connectivity index (χ3n) is 6.32. The van der Waals surface area contributed by atoms with Crippen LogP contribution in [-0.2, 0) is 9.53 Å². The highest BCUT2D eigenvalue weighted by Crippen LogP contribution is 2.31. The molecule has 0 radical (unpaired) electrons. The molecule has 3 heterocycles. The van der Waals surface area contributed by atoms with Crippen LogP contribution in [0, 0.1) is 0 Å². The van der Waals surface area contributed by atoms with Crippen molar-refractivity contribution in [1.82, 2.24) is 19.8 Å². The Morgan fingerprint density at radius 2 is 1.78 bits per heavy atom. The molecule has 1 N–H and O–H groups in total. The molecule has 12 heteroatoms. The fourth-order valence-corrected chi connectivity index (χ4v) is 4.99. The Labute approximate surface area is 232 Å². The van der Waals surface area contributed by atoms with E-state index in [1.165, 1.54) is 4.90 Å². The fraction of sp³-hybridized carbons (Fsp3) is 0.520. The van der Waals surface area contributed by atoms with Crippen molar-refractivity contribution >= 4 is 58.6 Å². The number of hydrogen-bond donors (Lipinski definition) is 1. The van der Waals surface area contributed by atoms with Gasteiger partial charge in [0, 0.05) is 42.8 Å². The van der Waals surface area contributed by atoms with E-state index in [0.29, 0.717) is 66.0 Å². The third kappa shape index (κ3) is 6.51. The first-order chi connectivity index (χ1) is 17.4. The molecule has 2 aromatic rings. The molecule has 2 saturated heterocycles. The van der Waals surface area contributed by atoms with Gasteiger partial charge in [-0.25, -0.2) is 9.78 Å². The molecule has 2 aliphatic rings.